The van der Waals surface area contributed by atoms with E-state index < -0.39 is 0 Å². The summed E-state index contributed by atoms with van der Waals surface area (Å²) in [5.74, 6) is 1.17. The van der Waals surface area contributed by atoms with Crippen molar-refractivity contribution in [1.82, 2.24) is 19.8 Å². The molecule has 0 atom stereocenters. The normalized spacial score (nSPS) is 15.3. The lowest BCUT2D eigenvalue weighted by Crippen LogP contribution is -2.33. The molecule has 0 amide bonds. The minimum absolute atomic E-state index is 0.903. The van der Waals surface area contributed by atoms with E-state index in [0.717, 1.165) is 32.7 Å². The third kappa shape index (κ3) is 2.95. The van der Waals surface area contributed by atoms with Gasteiger partial charge in [0.25, 0.3) is 0 Å². The van der Waals surface area contributed by atoms with Crippen LogP contribution in [0.15, 0.2) is 35.1 Å². The highest BCUT2D eigenvalue weighted by Gasteiger charge is 2.17. The van der Waals surface area contributed by atoms with Gasteiger partial charge in [0.15, 0.2) is 0 Å². The van der Waals surface area contributed by atoms with Gasteiger partial charge in [0, 0.05) is 43.0 Å². The Morgan fingerprint density at radius 2 is 2.25 bits per heavy atom. The summed E-state index contributed by atoms with van der Waals surface area (Å²) < 4.78 is 3.43. The Bertz CT molecular complexity index is 593. The Kier molecular flexibility index (Phi) is 4.19. The second-order valence-corrected chi connectivity index (χ2v) is 6.06. The summed E-state index contributed by atoms with van der Waals surface area (Å²) in [4.78, 5) is 6.86. The van der Waals surface area contributed by atoms with Crippen LogP contribution < -0.4 is 5.32 Å². The van der Waals surface area contributed by atoms with E-state index in [1.165, 1.54) is 21.4 Å². The van der Waals surface area contributed by atoms with E-state index in [1.54, 1.807) is 0 Å². The van der Waals surface area contributed by atoms with Crippen molar-refractivity contribution in [3.8, 4) is 0 Å². The molecule has 0 aliphatic carbocycles. The maximum Gasteiger partial charge on any atom is 0.122 e. The number of benzene rings is 1. The number of halogens is 1. The molecular formula is C15H19BrN4. The number of imidazole rings is 1. The maximum absolute atomic E-state index is 4.41. The van der Waals surface area contributed by atoms with Crippen molar-refractivity contribution in [2.24, 2.45) is 0 Å². The lowest BCUT2D eigenvalue weighted by Gasteiger charge is -2.28. The molecule has 0 spiro atoms. The molecule has 1 aromatic heterocycles. The van der Waals surface area contributed by atoms with Crippen LogP contribution in [0, 0.1) is 0 Å². The van der Waals surface area contributed by atoms with Crippen LogP contribution in [0.25, 0.3) is 0 Å². The molecule has 3 rings (SSSR count). The number of nitrogens with zero attached hydrogens (tertiary/aromatic N) is 3. The highest BCUT2D eigenvalue weighted by molar-refractivity contribution is 9.10. The number of nitrogens with one attached hydrogen (secondary N) is 1. The van der Waals surface area contributed by atoms with Gasteiger partial charge in [0.05, 0.1) is 6.54 Å². The van der Waals surface area contributed by atoms with Crippen molar-refractivity contribution in [2.45, 2.75) is 26.2 Å². The third-order valence-corrected chi connectivity index (χ3v) is 4.45. The molecule has 1 aromatic carbocycles. The fourth-order valence-corrected chi connectivity index (χ4v) is 3.18. The molecule has 0 saturated carbocycles. The number of aromatic nitrogens is 2. The number of rotatable bonds is 4. The first-order valence-corrected chi connectivity index (χ1v) is 7.70. The fourth-order valence-electron chi connectivity index (χ4n) is 2.63. The first kappa shape index (κ1) is 13.8. The molecule has 1 aliphatic rings. The molecule has 0 bridgehead atoms. The van der Waals surface area contributed by atoms with Crippen molar-refractivity contribution in [3.05, 3.63) is 52.0 Å². The molecule has 5 heteroatoms. The molecule has 4 nitrogen and oxygen atoms in total. The van der Waals surface area contributed by atoms with E-state index >= 15 is 0 Å². The predicted octanol–water partition coefficient (Wildman–Crippen LogP) is 2.38. The smallest absolute Gasteiger partial charge is 0.122 e. The quantitative estimate of drug-likeness (QED) is 0.931. The van der Waals surface area contributed by atoms with Crippen molar-refractivity contribution in [1.29, 1.82) is 0 Å². The SMILES string of the molecule is CNCc1ccc(CN2CCn3ccnc3C2)c(Br)c1. The summed E-state index contributed by atoms with van der Waals surface area (Å²) in [7, 11) is 1.97. The summed E-state index contributed by atoms with van der Waals surface area (Å²) in [6, 6.07) is 6.62. The molecule has 2 aromatic rings. The van der Waals surface area contributed by atoms with E-state index in [0.29, 0.717) is 0 Å². The van der Waals surface area contributed by atoms with Gasteiger partial charge >= 0.3 is 0 Å². The van der Waals surface area contributed by atoms with Crippen LogP contribution >= 0.6 is 15.9 Å². The van der Waals surface area contributed by atoms with Crippen LogP contribution in [0.2, 0.25) is 0 Å². The van der Waals surface area contributed by atoms with Crippen LogP contribution in [0.4, 0.5) is 0 Å². The lowest BCUT2D eigenvalue weighted by atomic mass is 10.1. The van der Waals surface area contributed by atoms with Crippen LogP contribution in [0.1, 0.15) is 17.0 Å². The van der Waals surface area contributed by atoms with Crippen LogP contribution in [0.5, 0.6) is 0 Å². The second kappa shape index (κ2) is 6.08. The molecule has 2 heterocycles. The van der Waals surface area contributed by atoms with Gasteiger partial charge in [-0.2, -0.15) is 0 Å². The monoisotopic (exact) mass is 334 g/mol. The third-order valence-electron chi connectivity index (χ3n) is 3.72. The standard InChI is InChI=1S/C15H19BrN4/c1-17-9-12-2-3-13(14(16)8-12)10-19-6-7-20-5-4-18-15(20)11-19/h2-5,8,17H,6-7,9-11H2,1H3. The average molecular weight is 335 g/mol. The minimum Gasteiger partial charge on any atom is -0.333 e. The summed E-state index contributed by atoms with van der Waals surface area (Å²) in [5.41, 5.74) is 2.64. The maximum atomic E-state index is 4.41. The molecule has 0 fully saturated rings. The van der Waals surface area contributed by atoms with E-state index in [2.05, 4.69) is 60.1 Å². The lowest BCUT2D eigenvalue weighted by molar-refractivity contribution is 0.208. The highest BCUT2D eigenvalue weighted by atomic mass is 79.9. The zero-order chi connectivity index (χ0) is 13.9. The highest BCUT2D eigenvalue weighted by Crippen LogP contribution is 2.22. The Morgan fingerprint density at radius 3 is 3.05 bits per heavy atom. The van der Waals surface area contributed by atoms with Crippen molar-refractivity contribution in [2.75, 3.05) is 13.6 Å². The fraction of sp³-hybridized carbons (Fsp3) is 0.400. The van der Waals surface area contributed by atoms with Crippen molar-refractivity contribution >= 4 is 15.9 Å². The number of hydrogen-bond acceptors (Lipinski definition) is 3. The second-order valence-electron chi connectivity index (χ2n) is 5.20. The van der Waals surface area contributed by atoms with Crippen LogP contribution in [-0.4, -0.2) is 28.0 Å². The van der Waals surface area contributed by atoms with Gasteiger partial charge in [0.1, 0.15) is 5.82 Å². The minimum atomic E-state index is 0.903. The first-order chi connectivity index (χ1) is 9.76. The van der Waals surface area contributed by atoms with E-state index in [1.807, 2.05) is 13.2 Å². The number of hydrogen-bond donors (Lipinski definition) is 1. The van der Waals surface area contributed by atoms with Crippen molar-refractivity contribution in [3.63, 3.8) is 0 Å². The van der Waals surface area contributed by atoms with Gasteiger partial charge in [-0.15, -0.1) is 0 Å². The molecule has 1 aliphatic heterocycles. The summed E-state index contributed by atoms with van der Waals surface area (Å²) >= 11 is 3.69. The molecule has 0 unspecified atom stereocenters. The Balaban J connectivity index is 1.69. The molecular weight excluding hydrogens is 316 g/mol. The molecule has 1 N–H and O–H groups in total. The average Bonchev–Trinajstić information content (AvgIpc) is 2.90. The molecule has 0 radical (unpaired) electrons. The first-order valence-electron chi connectivity index (χ1n) is 6.90. The summed E-state index contributed by atoms with van der Waals surface area (Å²) in [5, 5.41) is 3.18. The largest absolute Gasteiger partial charge is 0.333 e. The van der Waals surface area contributed by atoms with E-state index in [4.69, 9.17) is 0 Å². The van der Waals surface area contributed by atoms with E-state index in [9.17, 15) is 0 Å². The summed E-state index contributed by atoms with van der Waals surface area (Å²) in [6.45, 7) is 4.91. The van der Waals surface area contributed by atoms with Gasteiger partial charge in [-0.05, 0) is 24.2 Å². The predicted molar refractivity (Wildman–Crippen MR) is 83.2 cm³/mol. The number of fused-ring (bicyclic) bond motifs is 1. The van der Waals surface area contributed by atoms with Gasteiger partial charge < -0.3 is 9.88 Å². The zero-order valence-corrected chi connectivity index (χ0v) is 13.2. The Morgan fingerprint density at radius 1 is 1.35 bits per heavy atom. The zero-order valence-electron chi connectivity index (χ0n) is 11.6. The summed E-state index contributed by atoms with van der Waals surface area (Å²) in [6.07, 6.45) is 3.95. The Labute approximate surface area is 127 Å². The van der Waals surface area contributed by atoms with Crippen molar-refractivity contribution < 1.29 is 0 Å². The van der Waals surface area contributed by atoms with Gasteiger partial charge in [0.2, 0.25) is 0 Å². The molecule has 0 saturated heterocycles. The molecule has 106 valence electrons. The Hall–Kier alpha value is -1.17. The van der Waals surface area contributed by atoms with E-state index in [-0.39, 0.29) is 0 Å². The topological polar surface area (TPSA) is 33.1 Å². The molecule has 20 heavy (non-hydrogen) atoms. The van der Waals surface area contributed by atoms with Gasteiger partial charge in [-0.3, -0.25) is 4.90 Å². The van der Waals surface area contributed by atoms with Crippen LogP contribution in [-0.2, 0) is 26.2 Å². The van der Waals surface area contributed by atoms with Gasteiger partial charge in [-0.25, -0.2) is 4.98 Å². The van der Waals surface area contributed by atoms with Crippen LogP contribution in [0.3, 0.4) is 0 Å². The van der Waals surface area contributed by atoms with Gasteiger partial charge in [-0.1, -0.05) is 28.1 Å².